The highest BCUT2D eigenvalue weighted by Gasteiger charge is 1.99. The number of benzene rings is 2. The first-order chi connectivity index (χ1) is 9.29. The van der Waals surface area contributed by atoms with Crippen LogP contribution in [0.25, 0.3) is 0 Å². The average molecular weight is 250 g/mol. The van der Waals surface area contributed by atoms with E-state index in [0.717, 1.165) is 25.1 Å². The van der Waals surface area contributed by atoms with Gasteiger partial charge in [0.15, 0.2) is 0 Å². The molecule has 0 aliphatic heterocycles. The average Bonchev–Trinajstić information content (AvgIpc) is 2.46. The monoisotopic (exact) mass is 250 g/mol. The normalized spacial score (nSPS) is 9.89. The Morgan fingerprint density at radius 2 is 1.89 bits per heavy atom. The van der Waals surface area contributed by atoms with Crippen molar-refractivity contribution in [2.75, 3.05) is 11.9 Å². The van der Waals surface area contributed by atoms with Crippen LogP contribution >= 0.6 is 0 Å². The Bertz CT molecular complexity index is 568. The summed E-state index contributed by atoms with van der Waals surface area (Å²) in [6, 6.07) is 18.4. The second-order valence-electron chi connectivity index (χ2n) is 4.66. The molecule has 96 valence electrons. The van der Waals surface area contributed by atoms with E-state index in [-0.39, 0.29) is 0 Å². The molecule has 19 heavy (non-hydrogen) atoms. The summed E-state index contributed by atoms with van der Waals surface area (Å²) >= 11 is 0. The fraction of sp³-hybridized carbons (Fsp3) is 0.235. The fourth-order valence-electron chi connectivity index (χ4n) is 2.04. The topological polar surface area (TPSA) is 35.8 Å². The third-order valence-corrected chi connectivity index (χ3v) is 3.17. The molecule has 0 aliphatic rings. The number of nitrogens with one attached hydrogen (secondary N) is 1. The molecular weight excluding hydrogens is 232 g/mol. The molecule has 0 spiro atoms. The van der Waals surface area contributed by atoms with Gasteiger partial charge in [0.05, 0.1) is 11.6 Å². The van der Waals surface area contributed by atoms with Crippen LogP contribution < -0.4 is 5.32 Å². The second kappa shape index (κ2) is 6.61. The number of nitrogens with zero attached hydrogens (tertiary/aromatic N) is 1. The van der Waals surface area contributed by atoms with E-state index in [1.807, 2.05) is 24.3 Å². The van der Waals surface area contributed by atoms with Crippen molar-refractivity contribution in [3.63, 3.8) is 0 Å². The van der Waals surface area contributed by atoms with Gasteiger partial charge in [0, 0.05) is 12.2 Å². The molecule has 0 aromatic heterocycles. The first kappa shape index (κ1) is 13.2. The van der Waals surface area contributed by atoms with E-state index in [2.05, 4.69) is 42.6 Å². The molecule has 0 aliphatic carbocycles. The zero-order valence-electron chi connectivity index (χ0n) is 11.2. The van der Waals surface area contributed by atoms with Crippen LogP contribution in [0.5, 0.6) is 0 Å². The molecule has 0 saturated heterocycles. The van der Waals surface area contributed by atoms with E-state index in [9.17, 15) is 0 Å². The predicted molar refractivity (Wildman–Crippen MR) is 79.1 cm³/mol. The minimum Gasteiger partial charge on any atom is -0.385 e. The van der Waals surface area contributed by atoms with Gasteiger partial charge in [0.2, 0.25) is 0 Å². The van der Waals surface area contributed by atoms with Crippen molar-refractivity contribution >= 4 is 5.69 Å². The largest absolute Gasteiger partial charge is 0.385 e. The summed E-state index contributed by atoms with van der Waals surface area (Å²) in [6.45, 7) is 2.98. The molecule has 0 atom stereocenters. The second-order valence-corrected chi connectivity index (χ2v) is 4.66. The lowest BCUT2D eigenvalue weighted by molar-refractivity contribution is 0.862. The molecule has 2 aromatic carbocycles. The molecular formula is C17H18N2. The van der Waals surface area contributed by atoms with E-state index < -0.39 is 0 Å². The molecule has 2 rings (SSSR count). The van der Waals surface area contributed by atoms with Gasteiger partial charge in [-0.05, 0) is 43.0 Å². The SMILES string of the molecule is Cc1ccc(C#N)cc1NCCCc1ccccc1. The van der Waals surface area contributed by atoms with Gasteiger partial charge < -0.3 is 5.32 Å². The molecule has 0 radical (unpaired) electrons. The standard InChI is InChI=1S/C17H18N2/c1-14-9-10-16(13-18)12-17(14)19-11-5-8-15-6-3-2-4-7-15/h2-4,6-7,9-10,12,19H,5,8,11H2,1H3. The van der Waals surface area contributed by atoms with Gasteiger partial charge in [-0.2, -0.15) is 5.26 Å². The minimum atomic E-state index is 0.705. The Kier molecular flexibility index (Phi) is 4.58. The van der Waals surface area contributed by atoms with Crippen molar-refractivity contribution in [2.45, 2.75) is 19.8 Å². The summed E-state index contributed by atoms with van der Waals surface area (Å²) in [4.78, 5) is 0. The summed E-state index contributed by atoms with van der Waals surface area (Å²) in [5.41, 5.74) is 4.31. The smallest absolute Gasteiger partial charge is 0.0992 e. The Balaban J connectivity index is 1.85. The number of hydrogen-bond acceptors (Lipinski definition) is 2. The van der Waals surface area contributed by atoms with E-state index in [0.29, 0.717) is 5.56 Å². The number of anilines is 1. The van der Waals surface area contributed by atoms with Gasteiger partial charge in [-0.25, -0.2) is 0 Å². The van der Waals surface area contributed by atoms with Crippen molar-refractivity contribution in [1.29, 1.82) is 5.26 Å². The van der Waals surface area contributed by atoms with Crippen LogP contribution in [-0.2, 0) is 6.42 Å². The van der Waals surface area contributed by atoms with E-state index >= 15 is 0 Å². The Hall–Kier alpha value is -2.27. The molecule has 0 bridgehead atoms. The van der Waals surface area contributed by atoms with Crippen LogP contribution in [0.3, 0.4) is 0 Å². The molecule has 0 heterocycles. The number of rotatable bonds is 5. The van der Waals surface area contributed by atoms with E-state index in [1.165, 1.54) is 11.1 Å². The van der Waals surface area contributed by atoms with Gasteiger partial charge in [-0.15, -0.1) is 0 Å². The third-order valence-electron chi connectivity index (χ3n) is 3.17. The van der Waals surface area contributed by atoms with E-state index in [4.69, 9.17) is 5.26 Å². The molecule has 0 saturated carbocycles. The maximum atomic E-state index is 8.90. The minimum absolute atomic E-state index is 0.705. The van der Waals surface area contributed by atoms with E-state index in [1.54, 1.807) is 0 Å². The van der Waals surface area contributed by atoms with Gasteiger partial charge in [-0.3, -0.25) is 0 Å². The molecule has 2 nitrogen and oxygen atoms in total. The van der Waals surface area contributed by atoms with Gasteiger partial charge in [0.25, 0.3) is 0 Å². The van der Waals surface area contributed by atoms with Crippen LogP contribution in [0.4, 0.5) is 5.69 Å². The molecule has 0 unspecified atom stereocenters. The number of aryl methyl sites for hydroxylation is 2. The highest BCUT2D eigenvalue weighted by molar-refractivity contribution is 5.55. The first-order valence-corrected chi connectivity index (χ1v) is 6.58. The molecule has 0 amide bonds. The fourth-order valence-corrected chi connectivity index (χ4v) is 2.04. The molecule has 2 heteroatoms. The summed E-state index contributed by atoms with van der Waals surface area (Å²) in [7, 11) is 0. The van der Waals surface area contributed by atoms with Crippen molar-refractivity contribution < 1.29 is 0 Å². The Morgan fingerprint density at radius 3 is 2.63 bits per heavy atom. The quantitative estimate of drug-likeness (QED) is 0.817. The maximum absolute atomic E-state index is 8.90. The van der Waals surface area contributed by atoms with Gasteiger partial charge in [-0.1, -0.05) is 36.4 Å². The Morgan fingerprint density at radius 1 is 1.11 bits per heavy atom. The van der Waals surface area contributed by atoms with Crippen LogP contribution in [0, 0.1) is 18.3 Å². The van der Waals surface area contributed by atoms with Crippen LogP contribution in [0.1, 0.15) is 23.1 Å². The molecule has 2 aromatic rings. The third kappa shape index (κ3) is 3.86. The maximum Gasteiger partial charge on any atom is 0.0992 e. The highest BCUT2D eigenvalue weighted by Crippen LogP contribution is 2.16. The van der Waals surface area contributed by atoms with Crippen LogP contribution in [0.2, 0.25) is 0 Å². The summed E-state index contributed by atoms with van der Waals surface area (Å²) < 4.78 is 0. The summed E-state index contributed by atoms with van der Waals surface area (Å²) in [5, 5.41) is 12.3. The lowest BCUT2D eigenvalue weighted by atomic mass is 10.1. The van der Waals surface area contributed by atoms with Crippen LogP contribution in [-0.4, -0.2) is 6.54 Å². The first-order valence-electron chi connectivity index (χ1n) is 6.58. The van der Waals surface area contributed by atoms with Gasteiger partial charge >= 0.3 is 0 Å². The van der Waals surface area contributed by atoms with Gasteiger partial charge in [0.1, 0.15) is 0 Å². The Labute approximate surface area is 114 Å². The predicted octanol–water partition coefficient (Wildman–Crippen LogP) is 3.91. The zero-order chi connectivity index (χ0) is 13.5. The lowest BCUT2D eigenvalue weighted by Crippen LogP contribution is -2.04. The molecule has 1 N–H and O–H groups in total. The zero-order valence-corrected chi connectivity index (χ0v) is 11.2. The van der Waals surface area contributed by atoms with Crippen molar-refractivity contribution in [3.8, 4) is 6.07 Å². The lowest BCUT2D eigenvalue weighted by Gasteiger charge is -2.09. The highest BCUT2D eigenvalue weighted by atomic mass is 14.9. The number of hydrogen-bond donors (Lipinski definition) is 1. The van der Waals surface area contributed by atoms with Crippen molar-refractivity contribution in [2.24, 2.45) is 0 Å². The summed E-state index contributed by atoms with van der Waals surface area (Å²) in [6.07, 6.45) is 2.16. The van der Waals surface area contributed by atoms with Crippen molar-refractivity contribution in [1.82, 2.24) is 0 Å². The number of nitriles is 1. The van der Waals surface area contributed by atoms with Crippen molar-refractivity contribution in [3.05, 3.63) is 65.2 Å². The van der Waals surface area contributed by atoms with Crippen LogP contribution in [0.15, 0.2) is 48.5 Å². The molecule has 0 fully saturated rings. The summed E-state index contributed by atoms with van der Waals surface area (Å²) in [5.74, 6) is 0.